The Labute approximate surface area is 193 Å². The average molecular weight is 471 g/mol. The number of piperidine rings is 1. The number of carbonyl (C=O) groups excluding carboxylic acids is 1. The van der Waals surface area contributed by atoms with Crippen LogP contribution in [-0.2, 0) is 0 Å². The summed E-state index contributed by atoms with van der Waals surface area (Å²) in [6, 6.07) is 5.42. The van der Waals surface area contributed by atoms with Gasteiger partial charge in [0.05, 0.1) is 11.1 Å². The van der Waals surface area contributed by atoms with E-state index in [-0.39, 0.29) is 23.1 Å². The average Bonchev–Trinajstić information content (AvgIpc) is 3.47. The van der Waals surface area contributed by atoms with Crippen molar-refractivity contribution >= 4 is 22.8 Å². The third kappa shape index (κ3) is 4.44. The number of rotatable bonds is 4. The minimum absolute atomic E-state index is 0.0453. The molecule has 34 heavy (non-hydrogen) atoms. The number of allylic oxidation sites excluding steroid dienone is 2. The normalized spacial score (nSPS) is 17.6. The summed E-state index contributed by atoms with van der Waals surface area (Å²) < 4.78 is 41.2. The zero-order chi connectivity index (χ0) is 23.9. The maximum absolute atomic E-state index is 13.0. The zero-order valence-corrected chi connectivity index (χ0v) is 18.3. The number of hydrogen-bond donors (Lipinski definition) is 2. The van der Waals surface area contributed by atoms with Crippen LogP contribution in [-0.4, -0.2) is 45.2 Å². The molecule has 0 unspecified atom stereocenters. The van der Waals surface area contributed by atoms with E-state index >= 15 is 0 Å². The lowest BCUT2D eigenvalue weighted by Gasteiger charge is -2.32. The van der Waals surface area contributed by atoms with Crippen LogP contribution in [0.15, 0.2) is 42.6 Å². The van der Waals surface area contributed by atoms with Gasteiger partial charge >= 0.3 is 6.36 Å². The van der Waals surface area contributed by atoms with Gasteiger partial charge in [0.25, 0.3) is 5.91 Å². The molecular weight excluding hydrogens is 447 g/mol. The van der Waals surface area contributed by atoms with Gasteiger partial charge in [-0.15, -0.1) is 13.2 Å². The minimum atomic E-state index is -4.82. The molecule has 1 fully saturated rings. The molecule has 1 saturated heterocycles. The number of aromatic nitrogens is 3. The van der Waals surface area contributed by atoms with E-state index in [9.17, 15) is 18.0 Å². The number of H-pyrrole nitrogens is 1. The highest BCUT2D eigenvalue weighted by Crippen LogP contribution is 2.35. The third-order valence-electron chi connectivity index (χ3n) is 6.55. The van der Waals surface area contributed by atoms with Crippen LogP contribution in [0.3, 0.4) is 0 Å². The van der Waals surface area contributed by atoms with Crippen molar-refractivity contribution in [3.8, 4) is 5.75 Å². The highest BCUT2D eigenvalue weighted by Gasteiger charge is 2.32. The Morgan fingerprint density at radius 2 is 1.85 bits per heavy atom. The van der Waals surface area contributed by atoms with Gasteiger partial charge in [-0.2, -0.15) is 0 Å². The maximum atomic E-state index is 13.0. The number of halogens is 3. The second-order valence-electron chi connectivity index (χ2n) is 8.72. The van der Waals surface area contributed by atoms with Gasteiger partial charge in [0, 0.05) is 37.0 Å². The lowest BCUT2D eigenvalue weighted by molar-refractivity contribution is -0.274. The topological polar surface area (TPSA) is 97.1 Å². The van der Waals surface area contributed by atoms with E-state index in [1.165, 1.54) is 6.07 Å². The van der Waals surface area contributed by atoms with Crippen LogP contribution >= 0.6 is 0 Å². The molecule has 10 heteroatoms. The molecule has 1 aromatic carbocycles. The number of ether oxygens (including phenoxy) is 1. The Morgan fingerprint density at radius 3 is 2.53 bits per heavy atom. The first-order valence-corrected chi connectivity index (χ1v) is 11.2. The number of likely N-dealkylation sites (tertiary alicyclic amines) is 1. The van der Waals surface area contributed by atoms with Crippen molar-refractivity contribution in [3.63, 3.8) is 0 Å². The van der Waals surface area contributed by atoms with E-state index in [4.69, 9.17) is 10.7 Å². The number of hydrogen-bond acceptors (Lipinski definition) is 5. The summed E-state index contributed by atoms with van der Waals surface area (Å²) in [4.78, 5) is 27.3. The number of nitrogens with two attached hydrogens (primary N) is 1. The summed E-state index contributed by atoms with van der Waals surface area (Å²) in [5.74, 6) is 0.812. The highest BCUT2D eigenvalue weighted by atomic mass is 19.4. The van der Waals surface area contributed by atoms with Crippen LogP contribution in [0.2, 0.25) is 0 Å². The number of nitrogen functional groups attached to an aromatic ring is 1. The van der Waals surface area contributed by atoms with Crippen LogP contribution in [0.25, 0.3) is 11.2 Å². The van der Waals surface area contributed by atoms with Gasteiger partial charge < -0.3 is 20.4 Å². The van der Waals surface area contributed by atoms with Crippen molar-refractivity contribution in [2.75, 3.05) is 18.8 Å². The smallest absolute Gasteiger partial charge is 0.406 e. The fourth-order valence-electron chi connectivity index (χ4n) is 4.82. The number of aromatic amines is 1. The fraction of sp³-hybridized carbons (Fsp3) is 0.375. The molecule has 178 valence electrons. The van der Waals surface area contributed by atoms with Crippen LogP contribution < -0.4 is 10.5 Å². The molecule has 3 aromatic rings. The molecule has 2 aromatic heterocycles. The molecular formula is C24H24F3N5O2. The van der Waals surface area contributed by atoms with Crippen LogP contribution in [0.5, 0.6) is 5.75 Å². The van der Waals surface area contributed by atoms with Crippen molar-refractivity contribution in [3.05, 3.63) is 59.6 Å². The summed E-state index contributed by atoms with van der Waals surface area (Å²) in [5.41, 5.74) is 8.81. The Kier molecular flexibility index (Phi) is 5.66. The lowest BCUT2D eigenvalue weighted by Crippen LogP contribution is -2.38. The number of pyridine rings is 1. The number of benzene rings is 1. The first kappa shape index (κ1) is 22.2. The Balaban J connectivity index is 1.28. The van der Waals surface area contributed by atoms with Gasteiger partial charge in [-0.3, -0.25) is 4.79 Å². The predicted octanol–water partition coefficient (Wildman–Crippen LogP) is 4.89. The third-order valence-corrected chi connectivity index (χ3v) is 6.55. The Morgan fingerprint density at radius 1 is 1.12 bits per heavy atom. The lowest BCUT2D eigenvalue weighted by atomic mass is 9.89. The number of anilines is 1. The van der Waals surface area contributed by atoms with Gasteiger partial charge in [-0.05, 0) is 55.4 Å². The monoisotopic (exact) mass is 471 g/mol. The number of carbonyl (C=O) groups is 1. The van der Waals surface area contributed by atoms with Crippen molar-refractivity contribution in [1.29, 1.82) is 0 Å². The molecule has 3 heterocycles. The van der Waals surface area contributed by atoms with E-state index in [2.05, 4.69) is 26.9 Å². The fourth-order valence-corrected chi connectivity index (χ4v) is 4.82. The summed E-state index contributed by atoms with van der Waals surface area (Å²) in [7, 11) is 0. The number of amides is 1. The first-order valence-electron chi connectivity index (χ1n) is 11.2. The molecule has 0 atom stereocenters. The van der Waals surface area contributed by atoms with Crippen LogP contribution in [0.1, 0.15) is 59.3 Å². The first-order chi connectivity index (χ1) is 16.3. The van der Waals surface area contributed by atoms with E-state index in [0.717, 1.165) is 54.7 Å². The summed E-state index contributed by atoms with van der Waals surface area (Å²) in [6.45, 7) is 1.03. The highest BCUT2D eigenvalue weighted by molar-refractivity contribution is 5.99. The van der Waals surface area contributed by atoms with E-state index in [0.29, 0.717) is 24.7 Å². The van der Waals surface area contributed by atoms with Crippen LogP contribution in [0.4, 0.5) is 18.9 Å². The second-order valence-corrected chi connectivity index (χ2v) is 8.72. The number of alkyl halides is 3. The molecule has 3 N–H and O–H groups in total. The Hall–Kier alpha value is -3.56. The maximum Gasteiger partial charge on any atom is 0.573 e. The number of imidazole rings is 1. The summed E-state index contributed by atoms with van der Waals surface area (Å²) in [6.07, 6.45) is 4.74. The molecule has 0 bridgehead atoms. The van der Waals surface area contributed by atoms with E-state index in [1.807, 2.05) is 6.07 Å². The molecule has 0 spiro atoms. The minimum Gasteiger partial charge on any atom is -0.406 e. The quantitative estimate of drug-likeness (QED) is 0.417. The van der Waals surface area contributed by atoms with Crippen molar-refractivity contribution in [2.24, 2.45) is 0 Å². The molecule has 1 aliphatic heterocycles. The van der Waals surface area contributed by atoms with Gasteiger partial charge in [-0.25, -0.2) is 9.97 Å². The molecule has 1 amide bonds. The second kappa shape index (κ2) is 8.66. The van der Waals surface area contributed by atoms with Gasteiger partial charge in [0.2, 0.25) is 0 Å². The summed E-state index contributed by atoms with van der Waals surface area (Å²) in [5, 5.41) is 0. The number of fused-ring (bicyclic) bond motifs is 1. The Bertz CT molecular complexity index is 1240. The summed E-state index contributed by atoms with van der Waals surface area (Å²) >= 11 is 0. The standard InChI is InChI=1S/C24H24F3N5O2/c25-24(26,27)34-16-5-6-18(19(28)13-16)23(33)32-11-8-14(9-12-32)17-7-10-29-22-20(17)30-21(31-22)15-3-1-2-4-15/h1-2,5-7,10,13-15H,3-4,8-9,11-12,28H2,(H,29,30,31). The van der Waals surface area contributed by atoms with Crippen molar-refractivity contribution < 1.29 is 22.7 Å². The zero-order valence-electron chi connectivity index (χ0n) is 18.3. The molecule has 7 nitrogen and oxygen atoms in total. The molecule has 5 rings (SSSR count). The van der Waals surface area contributed by atoms with E-state index in [1.54, 1.807) is 11.1 Å². The molecule has 0 radical (unpaired) electrons. The predicted molar refractivity (Wildman–Crippen MR) is 120 cm³/mol. The van der Waals surface area contributed by atoms with Crippen LogP contribution in [0, 0.1) is 0 Å². The molecule has 0 saturated carbocycles. The van der Waals surface area contributed by atoms with Gasteiger partial charge in [0.15, 0.2) is 5.65 Å². The van der Waals surface area contributed by atoms with Crippen molar-refractivity contribution in [1.82, 2.24) is 19.9 Å². The SMILES string of the molecule is Nc1cc(OC(F)(F)F)ccc1C(=O)N1CCC(c2ccnc3nc(C4CC=CC4)[nH]c23)CC1. The van der Waals surface area contributed by atoms with Gasteiger partial charge in [-0.1, -0.05) is 12.2 Å². The largest absolute Gasteiger partial charge is 0.573 e. The molecule has 2 aliphatic rings. The van der Waals surface area contributed by atoms with E-state index < -0.39 is 12.1 Å². The van der Waals surface area contributed by atoms with Crippen molar-refractivity contribution in [2.45, 2.75) is 43.9 Å². The number of nitrogens with zero attached hydrogens (tertiary/aromatic N) is 3. The number of nitrogens with one attached hydrogen (secondary N) is 1. The molecule has 1 aliphatic carbocycles. The van der Waals surface area contributed by atoms with Gasteiger partial charge in [0.1, 0.15) is 11.6 Å².